The van der Waals surface area contributed by atoms with E-state index >= 15 is 0 Å². The van der Waals surface area contributed by atoms with E-state index in [2.05, 4.69) is 37.5 Å². The first-order valence-corrected chi connectivity index (χ1v) is 3.61. The van der Waals surface area contributed by atoms with Gasteiger partial charge in [0.25, 0.3) is 0 Å². The van der Waals surface area contributed by atoms with Crippen molar-refractivity contribution in [1.82, 2.24) is 0 Å². The fourth-order valence-electron chi connectivity index (χ4n) is 0.658. The zero-order valence-electron chi connectivity index (χ0n) is 7.76. The van der Waals surface area contributed by atoms with Crippen LogP contribution in [0.3, 0.4) is 0 Å². The van der Waals surface area contributed by atoms with E-state index in [4.69, 9.17) is 0 Å². The van der Waals surface area contributed by atoms with Crippen molar-refractivity contribution in [3.8, 4) is 0 Å². The Morgan fingerprint density at radius 2 is 1.91 bits per heavy atom. The normalized spacial score (nSPS) is 14.0. The van der Waals surface area contributed by atoms with Crippen molar-refractivity contribution < 1.29 is 0 Å². The van der Waals surface area contributed by atoms with Gasteiger partial charge in [-0.1, -0.05) is 20.8 Å². The van der Waals surface area contributed by atoms with Crippen LogP contribution < -0.4 is 0 Å². The molecule has 62 valence electrons. The second-order valence-electron chi connectivity index (χ2n) is 3.40. The van der Waals surface area contributed by atoms with Gasteiger partial charge in [0.2, 0.25) is 0 Å². The molecular weight excluding hydrogens is 136 g/mol. The lowest BCUT2D eigenvalue weighted by atomic mass is 9.88. The molecule has 0 atom stereocenters. The van der Waals surface area contributed by atoms with Gasteiger partial charge in [0.05, 0.1) is 0 Å². The Morgan fingerprint density at radius 3 is 2.18 bits per heavy atom. The summed E-state index contributed by atoms with van der Waals surface area (Å²) in [6.45, 7) is 9.76. The third-order valence-electron chi connectivity index (χ3n) is 1.36. The minimum Gasteiger partial charge on any atom is -0.296 e. The summed E-state index contributed by atoms with van der Waals surface area (Å²) in [4.78, 5) is 7.66. The lowest BCUT2D eigenvalue weighted by Gasteiger charge is -2.18. The number of nitrogens with zero attached hydrogens (tertiary/aromatic N) is 2. The fourth-order valence-corrected chi connectivity index (χ4v) is 0.658. The predicted octanol–water partition coefficient (Wildman–Crippen LogP) is 2.32. The maximum atomic E-state index is 3.94. The van der Waals surface area contributed by atoms with Crippen LogP contribution in [0.1, 0.15) is 20.8 Å². The van der Waals surface area contributed by atoms with Crippen molar-refractivity contribution in [1.29, 1.82) is 0 Å². The highest BCUT2D eigenvalue weighted by atomic mass is 14.7. The number of allylic oxidation sites excluding steroid dienone is 1. The SMILES string of the molecule is C=N/C=C(\C=N/C)C(C)(C)C. The number of rotatable bonds is 2. The molecule has 0 fully saturated rings. The molecule has 11 heavy (non-hydrogen) atoms. The fraction of sp³-hybridized carbons (Fsp3) is 0.556. The zero-order chi connectivity index (χ0) is 8.91. The average Bonchev–Trinajstić information content (AvgIpc) is 1.85. The molecule has 0 N–H and O–H groups in total. The third-order valence-corrected chi connectivity index (χ3v) is 1.36. The molecule has 0 aliphatic heterocycles. The van der Waals surface area contributed by atoms with Gasteiger partial charge in [-0.05, 0) is 17.7 Å². The Hall–Kier alpha value is -0.920. The van der Waals surface area contributed by atoms with Crippen LogP contribution >= 0.6 is 0 Å². The molecule has 0 rings (SSSR count). The summed E-state index contributed by atoms with van der Waals surface area (Å²) in [7, 11) is 1.75. The van der Waals surface area contributed by atoms with Gasteiger partial charge in [-0.15, -0.1) is 0 Å². The van der Waals surface area contributed by atoms with Gasteiger partial charge in [0, 0.05) is 19.5 Å². The quantitative estimate of drug-likeness (QED) is 0.542. The van der Waals surface area contributed by atoms with E-state index in [0.717, 1.165) is 5.57 Å². The van der Waals surface area contributed by atoms with Crippen LogP contribution in [-0.4, -0.2) is 20.0 Å². The molecule has 2 heteroatoms. The van der Waals surface area contributed by atoms with Crippen molar-refractivity contribution in [2.75, 3.05) is 7.05 Å². The van der Waals surface area contributed by atoms with Gasteiger partial charge in [-0.25, -0.2) is 0 Å². The van der Waals surface area contributed by atoms with E-state index in [-0.39, 0.29) is 5.41 Å². The highest BCUT2D eigenvalue weighted by molar-refractivity contribution is 5.80. The first-order chi connectivity index (χ1) is 5.02. The van der Waals surface area contributed by atoms with E-state index in [1.54, 1.807) is 13.2 Å². The van der Waals surface area contributed by atoms with E-state index in [0.29, 0.717) is 0 Å². The first-order valence-electron chi connectivity index (χ1n) is 3.61. The van der Waals surface area contributed by atoms with Gasteiger partial charge >= 0.3 is 0 Å². The Balaban J connectivity index is 4.61. The van der Waals surface area contributed by atoms with Gasteiger partial charge in [-0.2, -0.15) is 0 Å². The third kappa shape index (κ3) is 3.71. The van der Waals surface area contributed by atoms with Crippen LogP contribution in [0.2, 0.25) is 0 Å². The van der Waals surface area contributed by atoms with E-state index in [9.17, 15) is 0 Å². The average molecular weight is 152 g/mol. The summed E-state index contributed by atoms with van der Waals surface area (Å²) >= 11 is 0. The minimum atomic E-state index is 0.0979. The maximum absolute atomic E-state index is 3.94. The second-order valence-corrected chi connectivity index (χ2v) is 3.40. The molecule has 0 aliphatic rings. The van der Waals surface area contributed by atoms with E-state index in [1.807, 2.05) is 6.21 Å². The van der Waals surface area contributed by atoms with Crippen LogP contribution in [0.15, 0.2) is 21.8 Å². The maximum Gasteiger partial charge on any atom is 0.0313 e. The lowest BCUT2D eigenvalue weighted by Crippen LogP contribution is -2.10. The molecule has 0 saturated carbocycles. The van der Waals surface area contributed by atoms with Crippen LogP contribution in [0, 0.1) is 5.41 Å². The highest BCUT2D eigenvalue weighted by Gasteiger charge is 2.14. The molecule has 0 amide bonds. The molecule has 0 aromatic carbocycles. The van der Waals surface area contributed by atoms with Crippen LogP contribution in [0.5, 0.6) is 0 Å². The molecule has 0 bridgehead atoms. The zero-order valence-corrected chi connectivity index (χ0v) is 7.76. The molecule has 0 unspecified atom stereocenters. The molecule has 0 radical (unpaired) electrons. The monoisotopic (exact) mass is 152 g/mol. The molecule has 0 spiro atoms. The Morgan fingerprint density at radius 1 is 1.36 bits per heavy atom. The largest absolute Gasteiger partial charge is 0.296 e. The summed E-state index contributed by atoms with van der Waals surface area (Å²) in [6, 6.07) is 0. The summed E-state index contributed by atoms with van der Waals surface area (Å²) in [5.74, 6) is 0. The Kier molecular flexibility index (Phi) is 3.72. The molecular formula is C9H16N2. The second kappa shape index (κ2) is 4.06. The predicted molar refractivity (Wildman–Crippen MR) is 51.5 cm³/mol. The Labute approximate surface area is 68.8 Å². The summed E-state index contributed by atoms with van der Waals surface area (Å²) in [5, 5.41) is 0. The molecule has 0 saturated heterocycles. The molecule has 2 nitrogen and oxygen atoms in total. The minimum absolute atomic E-state index is 0.0979. The van der Waals surface area contributed by atoms with Crippen LogP contribution in [-0.2, 0) is 0 Å². The lowest BCUT2D eigenvalue weighted by molar-refractivity contribution is 0.525. The van der Waals surface area contributed by atoms with Crippen molar-refractivity contribution in [3.63, 3.8) is 0 Å². The molecule has 0 aromatic heterocycles. The van der Waals surface area contributed by atoms with E-state index < -0.39 is 0 Å². The molecule has 0 heterocycles. The van der Waals surface area contributed by atoms with E-state index in [1.165, 1.54) is 0 Å². The molecule has 0 aromatic rings. The van der Waals surface area contributed by atoms with Crippen LogP contribution in [0.4, 0.5) is 0 Å². The van der Waals surface area contributed by atoms with Crippen molar-refractivity contribution in [2.45, 2.75) is 20.8 Å². The smallest absolute Gasteiger partial charge is 0.0313 e. The highest BCUT2D eigenvalue weighted by Crippen LogP contribution is 2.23. The van der Waals surface area contributed by atoms with Gasteiger partial charge in [-0.3, -0.25) is 9.98 Å². The first kappa shape index (κ1) is 10.1. The number of hydrogen-bond donors (Lipinski definition) is 0. The summed E-state index contributed by atoms with van der Waals surface area (Å²) < 4.78 is 0. The topological polar surface area (TPSA) is 24.7 Å². The van der Waals surface area contributed by atoms with Gasteiger partial charge < -0.3 is 0 Å². The van der Waals surface area contributed by atoms with Crippen molar-refractivity contribution in [2.24, 2.45) is 15.4 Å². The standard InChI is InChI=1S/C9H16N2/c1-9(2,3)8(6-10-4)7-11-5/h6-7H,4H2,1-3,5H3/b8-6+,11-7-. The van der Waals surface area contributed by atoms with Crippen molar-refractivity contribution in [3.05, 3.63) is 11.8 Å². The van der Waals surface area contributed by atoms with Gasteiger partial charge in [0.1, 0.15) is 0 Å². The number of hydrogen-bond acceptors (Lipinski definition) is 2. The van der Waals surface area contributed by atoms with Crippen molar-refractivity contribution >= 4 is 12.9 Å². The van der Waals surface area contributed by atoms with Crippen LogP contribution in [0.25, 0.3) is 0 Å². The Bertz CT molecular complexity index is 182. The summed E-state index contributed by atoms with van der Waals surface area (Å²) in [6.07, 6.45) is 3.56. The van der Waals surface area contributed by atoms with Gasteiger partial charge in [0.15, 0.2) is 0 Å². The summed E-state index contributed by atoms with van der Waals surface area (Å²) in [5.41, 5.74) is 1.19. The molecule has 0 aliphatic carbocycles. The number of aliphatic imine (C=N–C) groups is 2.